The molecule has 3 heterocycles. The third-order valence-corrected chi connectivity index (χ3v) is 4.85. The first kappa shape index (κ1) is 14.8. The minimum absolute atomic E-state index is 0. The topological polar surface area (TPSA) is 49.6 Å². The minimum atomic E-state index is 0. The Morgan fingerprint density at radius 1 is 1.47 bits per heavy atom. The molecule has 0 radical (unpaired) electrons. The molecule has 1 saturated heterocycles. The summed E-state index contributed by atoms with van der Waals surface area (Å²) in [6.45, 7) is 4.02. The number of nitrogens with two attached hydrogens (primary N) is 1. The average molecular weight is 302 g/mol. The van der Waals surface area contributed by atoms with Crippen molar-refractivity contribution in [3.8, 4) is 0 Å². The van der Waals surface area contributed by atoms with E-state index in [4.69, 9.17) is 5.73 Å². The zero-order valence-electron chi connectivity index (χ0n) is 10.9. The van der Waals surface area contributed by atoms with Crippen LogP contribution in [0.4, 0.5) is 0 Å². The fourth-order valence-corrected chi connectivity index (χ4v) is 3.65. The second kappa shape index (κ2) is 6.22. The number of thiophene rings is 1. The van der Waals surface area contributed by atoms with Gasteiger partial charge in [0.15, 0.2) is 0 Å². The van der Waals surface area contributed by atoms with Crippen LogP contribution in [0, 0.1) is 0 Å². The highest BCUT2D eigenvalue weighted by Gasteiger charge is 2.26. The largest absolute Gasteiger partial charge is 0.337 e. The second-order valence-corrected chi connectivity index (χ2v) is 6.22. The number of hydrogen-bond donors (Lipinski definition) is 1. The van der Waals surface area contributed by atoms with Crippen LogP contribution in [0.15, 0.2) is 11.4 Å². The van der Waals surface area contributed by atoms with Crippen LogP contribution in [0.5, 0.6) is 0 Å². The van der Waals surface area contributed by atoms with Crippen molar-refractivity contribution in [2.24, 2.45) is 5.73 Å². The van der Waals surface area contributed by atoms with E-state index in [0.717, 1.165) is 39.0 Å². The summed E-state index contributed by atoms with van der Waals surface area (Å²) in [7, 11) is 0. The van der Waals surface area contributed by atoms with Gasteiger partial charge >= 0.3 is 0 Å². The number of hydrogen-bond acceptors (Lipinski definition) is 4. The SMILES string of the molecule is Cl.N[C@H]1CCN(CC(=O)N2CCc3sccc3C2)C1. The van der Waals surface area contributed by atoms with Crippen molar-refractivity contribution < 1.29 is 4.79 Å². The number of nitrogens with zero attached hydrogens (tertiary/aromatic N) is 2. The maximum Gasteiger partial charge on any atom is 0.237 e. The predicted molar refractivity (Wildman–Crippen MR) is 79.7 cm³/mol. The second-order valence-electron chi connectivity index (χ2n) is 5.22. The van der Waals surface area contributed by atoms with E-state index < -0.39 is 0 Å². The third-order valence-electron chi connectivity index (χ3n) is 3.83. The van der Waals surface area contributed by atoms with Crippen molar-refractivity contribution in [3.05, 3.63) is 21.9 Å². The highest BCUT2D eigenvalue weighted by molar-refractivity contribution is 7.10. The molecule has 2 aliphatic heterocycles. The van der Waals surface area contributed by atoms with Gasteiger partial charge in [-0.05, 0) is 29.9 Å². The van der Waals surface area contributed by atoms with Crippen molar-refractivity contribution in [2.75, 3.05) is 26.2 Å². The molecule has 6 heteroatoms. The summed E-state index contributed by atoms with van der Waals surface area (Å²) in [4.78, 5) is 17.8. The highest BCUT2D eigenvalue weighted by Crippen LogP contribution is 2.24. The van der Waals surface area contributed by atoms with Crippen molar-refractivity contribution in [2.45, 2.75) is 25.4 Å². The molecule has 0 bridgehead atoms. The molecule has 0 aliphatic carbocycles. The molecule has 0 spiro atoms. The summed E-state index contributed by atoms with van der Waals surface area (Å²) < 4.78 is 0. The number of likely N-dealkylation sites (tertiary alicyclic amines) is 1. The van der Waals surface area contributed by atoms with Gasteiger partial charge in [-0.2, -0.15) is 0 Å². The van der Waals surface area contributed by atoms with E-state index in [1.54, 1.807) is 0 Å². The Hall–Kier alpha value is -0.620. The van der Waals surface area contributed by atoms with Crippen LogP contribution in [-0.2, 0) is 17.8 Å². The van der Waals surface area contributed by atoms with Gasteiger partial charge in [-0.3, -0.25) is 9.69 Å². The van der Waals surface area contributed by atoms with Crippen molar-refractivity contribution in [3.63, 3.8) is 0 Å². The van der Waals surface area contributed by atoms with Crippen LogP contribution in [-0.4, -0.2) is 47.9 Å². The van der Waals surface area contributed by atoms with Gasteiger partial charge in [0.25, 0.3) is 0 Å². The zero-order chi connectivity index (χ0) is 12.5. The Bertz CT molecular complexity index is 451. The Kier molecular flexibility index (Phi) is 4.84. The van der Waals surface area contributed by atoms with Crippen LogP contribution in [0.1, 0.15) is 16.9 Å². The van der Waals surface area contributed by atoms with Crippen LogP contribution in [0.2, 0.25) is 0 Å². The molecule has 0 aromatic carbocycles. The first-order valence-corrected chi connectivity index (χ1v) is 7.41. The van der Waals surface area contributed by atoms with E-state index >= 15 is 0 Å². The summed E-state index contributed by atoms with van der Waals surface area (Å²) in [5.41, 5.74) is 7.19. The number of halogens is 1. The normalized spacial score (nSPS) is 23.0. The Morgan fingerprint density at radius 2 is 2.32 bits per heavy atom. The van der Waals surface area contributed by atoms with E-state index in [0.29, 0.717) is 6.54 Å². The van der Waals surface area contributed by atoms with Gasteiger partial charge in [-0.25, -0.2) is 0 Å². The molecule has 106 valence electrons. The fourth-order valence-electron chi connectivity index (χ4n) is 2.76. The molecule has 2 N–H and O–H groups in total. The Labute approximate surface area is 124 Å². The molecule has 1 atom stereocenters. The van der Waals surface area contributed by atoms with Gasteiger partial charge in [-0.1, -0.05) is 0 Å². The fraction of sp³-hybridized carbons (Fsp3) is 0.615. The molecule has 1 fully saturated rings. The molecule has 4 nitrogen and oxygen atoms in total. The predicted octanol–water partition coefficient (Wildman–Crippen LogP) is 1.09. The number of carbonyl (C=O) groups excluding carboxylic acids is 1. The molecule has 19 heavy (non-hydrogen) atoms. The zero-order valence-corrected chi connectivity index (χ0v) is 12.5. The first-order chi connectivity index (χ1) is 8.72. The van der Waals surface area contributed by atoms with Gasteiger partial charge in [-0.15, -0.1) is 23.7 Å². The van der Waals surface area contributed by atoms with Gasteiger partial charge < -0.3 is 10.6 Å². The Morgan fingerprint density at radius 3 is 3.05 bits per heavy atom. The molecule has 1 aromatic heterocycles. The quantitative estimate of drug-likeness (QED) is 0.889. The first-order valence-electron chi connectivity index (χ1n) is 6.53. The average Bonchev–Trinajstić information content (AvgIpc) is 2.96. The summed E-state index contributed by atoms with van der Waals surface area (Å²) in [6.07, 6.45) is 2.03. The number of rotatable bonds is 2. The number of amides is 1. The molecule has 1 aromatic rings. The number of fused-ring (bicyclic) bond motifs is 1. The summed E-state index contributed by atoms with van der Waals surface area (Å²) in [5, 5.41) is 2.12. The molecule has 0 saturated carbocycles. The van der Waals surface area contributed by atoms with Crippen molar-refractivity contribution in [1.82, 2.24) is 9.80 Å². The van der Waals surface area contributed by atoms with E-state index in [1.807, 2.05) is 16.2 Å². The lowest BCUT2D eigenvalue weighted by molar-refractivity contribution is -0.133. The van der Waals surface area contributed by atoms with Crippen LogP contribution in [0.25, 0.3) is 0 Å². The summed E-state index contributed by atoms with van der Waals surface area (Å²) in [5.74, 6) is 0.251. The Balaban J connectivity index is 0.00000133. The van der Waals surface area contributed by atoms with Gasteiger partial charge in [0.05, 0.1) is 6.54 Å². The summed E-state index contributed by atoms with van der Waals surface area (Å²) >= 11 is 1.81. The van der Waals surface area contributed by atoms with Crippen molar-refractivity contribution in [1.29, 1.82) is 0 Å². The maximum atomic E-state index is 12.2. The van der Waals surface area contributed by atoms with Crippen LogP contribution >= 0.6 is 23.7 Å². The van der Waals surface area contributed by atoms with Gasteiger partial charge in [0, 0.05) is 37.1 Å². The van der Waals surface area contributed by atoms with Crippen LogP contribution in [0.3, 0.4) is 0 Å². The van der Waals surface area contributed by atoms with Crippen LogP contribution < -0.4 is 5.73 Å². The molecule has 1 amide bonds. The van der Waals surface area contributed by atoms with Gasteiger partial charge in [0.2, 0.25) is 5.91 Å². The molecule has 0 unspecified atom stereocenters. The lowest BCUT2D eigenvalue weighted by Crippen LogP contribution is -2.42. The maximum absolute atomic E-state index is 12.2. The molecule has 3 rings (SSSR count). The molecular weight excluding hydrogens is 282 g/mol. The standard InChI is InChI=1S/C13H19N3OS.ClH/c14-11-1-4-15(8-11)9-13(17)16-5-2-12-10(7-16)3-6-18-12;/h3,6,11H,1-2,4-5,7-9,14H2;1H/t11-;/m0./s1. The lowest BCUT2D eigenvalue weighted by Gasteiger charge is -2.28. The van der Waals surface area contributed by atoms with E-state index in [1.165, 1.54) is 10.4 Å². The molecular formula is C13H20ClN3OS. The van der Waals surface area contributed by atoms with E-state index in [2.05, 4.69) is 16.3 Å². The van der Waals surface area contributed by atoms with E-state index in [9.17, 15) is 4.79 Å². The lowest BCUT2D eigenvalue weighted by atomic mass is 10.1. The monoisotopic (exact) mass is 301 g/mol. The highest BCUT2D eigenvalue weighted by atomic mass is 35.5. The van der Waals surface area contributed by atoms with Crippen molar-refractivity contribution >= 4 is 29.7 Å². The molecule has 2 aliphatic rings. The minimum Gasteiger partial charge on any atom is -0.337 e. The smallest absolute Gasteiger partial charge is 0.237 e. The summed E-state index contributed by atoms with van der Waals surface area (Å²) in [6, 6.07) is 2.40. The van der Waals surface area contributed by atoms with E-state index in [-0.39, 0.29) is 24.4 Å². The third kappa shape index (κ3) is 3.28. The van der Waals surface area contributed by atoms with Gasteiger partial charge in [0.1, 0.15) is 0 Å². The number of carbonyl (C=O) groups is 1.